The summed E-state index contributed by atoms with van der Waals surface area (Å²) in [6.45, 7) is 5.34. The molecule has 1 aliphatic rings. The molecule has 0 unspecified atom stereocenters. The number of nitrogen functional groups attached to an aromatic ring is 1. The third-order valence-electron chi connectivity index (χ3n) is 6.92. The first-order chi connectivity index (χ1) is 18.0. The lowest BCUT2D eigenvalue weighted by molar-refractivity contribution is 0.148. The van der Waals surface area contributed by atoms with E-state index in [2.05, 4.69) is 50.7 Å². The lowest BCUT2D eigenvalue weighted by Crippen LogP contribution is -2.43. The topological polar surface area (TPSA) is 76.1 Å². The highest BCUT2D eigenvalue weighted by Crippen LogP contribution is 2.32. The van der Waals surface area contributed by atoms with Gasteiger partial charge in [0.05, 0.1) is 11.3 Å². The molecule has 4 heterocycles. The Bertz CT molecular complexity index is 1540. The van der Waals surface area contributed by atoms with Gasteiger partial charge in [-0.25, -0.2) is 15.0 Å². The van der Waals surface area contributed by atoms with E-state index < -0.39 is 0 Å². The second-order valence-electron chi connectivity index (χ2n) is 9.50. The van der Waals surface area contributed by atoms with E-state index in [0.29, 0.717) is 16.7 Å². The van der Waals surface area contributed by atoms with Gasteiger partial charge in [-0.15, -0.1) is 0 Å². The average molecular weight is 510 g/mol. The van der Waals surface area contributed by atoms with Crippen molar-refractivity contribution in [1.82, 2.24) is 29.3 Å². The van der Waals surface area contributed by atoms with Crippen molar-refractivity contribution in [3.8, 4) is 28.3 Å². The number of hydrogen-bond donors (Lipinski definition) is 1. The molecule has 3 aromatic heterocycles. The van der Waals surface area contributed by atoms with Gasteiger partial charge in [-0.2, -0.15) is 0 Å². The number of nitrogens with zero attached hydrogens (tertiary/aromatic N) is 6. The highest BCUT2D eigenvalue weighted by Gasteiger charge is 2.19. The number of rotatable bonds is 5. The molecule has 37 heavy (non-hydrogen) atoms. The van der Waals surface area contributed by atoms with E-state index in [4.69, 9.17) is 27.3 Å². The van der Waals surface area contributed by atoms with Crippen LogP contribution in [0.4, 0.5) is 5.82 Å². The second kappa shape index (κ2) is 9.94. The normalized spacial score (nSPS) is 14.9. The summed E-state index contributed by atoms with van der Waals surface area (Å²) in [5, 5.41) is 0.695. The number of aromatic nitrogens is 4. The minimum Gasteiger partial charge on any atom is -0.383 e. The summed E-state index contributed by atoms with van der Waals surface area (Å²) in [4.78, 5) is 19.2. The van der Waals surface area contributed by atoms with Gasteiger partial charge >= 0.3 is 0 Å². The van der Waals surface area contributed by atoms with Gasteiger partial charge in [0.1, 0.15) is 11.3 Å². The van der Waals surface area contributed by atoms with Crippen molar-refractivity contribution < 1.29 is 0 Å². The monoisotopic (exact) mass is 509 g/mol. The molecule has 0 bridgehead atoms. The highest BCUT2D eigenvalue weighted by atomic mass is 35.5. The van der Waals surface area contributed by atoms with E-state index in [0.717, 1.165) is 66.4 Å². The fourth-order valence-electron chi connectivity index (χ4n) is 4.79. The van der Waals surface area contributed by atoms with E-state index >= 15 is 0 Å². The van der Waals surface area contributed by atoms with Gasteiger partial charge in [0.15, 0.2) is 11.5 Å². The predicted molar refractivity (Wildman–Crippen MR) is 150 cm³/mol. The number of halogens is 1. The quantitative estimate of drug-likeness (QED) is 0.354. The van der Waals surface area contributed by atoms with Crippen molar-refractivity contribution in [2.24, 2.45) is 0 Å². The van der Waals surface area contributed by atoms with Crippen LogP contribution in [0.3, 0.4) is 0 Å². The maximum atomic E-state index is 6.29. The summed E-state index contributed by atoms with van der Waals surface area (Å²) in [7, 11) is 2.18. The van der Waals surface area contributed by atoms with Crippen molar-refractivity contribution in [3.63, 3.8) is 0 Å². The fourth-order valence-corrected chi connectivity index (χ4v) is 4.91. The molecular weight excluding hydrogens is 482 g/mol. The van der Waals surface area contributed by atoms with Gasteiger partial charge in [-0.1, -0.05) is 35.9 Å². The minimum atomic E-state index is 0.434. The summed E-state index contributed by atoms with van der Waals surface area (Å²) in [6, 6.07) is 24.2. The fraction of sp³-hybridized carbons (Fsp3) is 0.207. The molecule has 2 N–H and O–H groups in total. The number of benzene rings is 2. The SMILES string of the molecule is CN1CCN(Cc2ccc(-n3c(-c4cccnc4N)nc4ccc(-c5ccc(Cl)cc5)nc43)cc2)CC1. The first-order valence-corrected chi connectivity index (χ1v) is 12.8. The Balaban J connectivity index is 1.43. The van der Waals surface area contributed by atoms with Crippen LogP contribution in [0.15, 0.2) is 79.0 Å². The maximum absolute atomic E-state index is 6.29. The van der Waals surface area contributed by atoms with Crippen molar-refractivity contribution in [2.45, 2.75) is 6.54 Å². The Labute approximate surface area is 221 Å². The number of likely N-dealkylation sites (N-methyl/N-ethyl adjacent to an activating group) is 1. The summed E-state index contributed by atoms with van der Waals surface area (Å²) < 4.78 is 2.07. The summed E-state index contributed by atoms with van der Waals surface area (Å²) >= 11 is 6.11. The van der Waals surface area contributed by atoms with Crippen LogP contribution < -0.4 is 5.73 Å². The first-order valence-electron chi connectivity index (χ1n) is 12.4. The molecule has 0 radical (unpaired) electrons. The number of imidazole rings is 1. The third kappa shape index (κ3) is 4.81. The van der Waals surface area contributed by atoms with E-state index in [1.807, 2.05) is 48.5 Å². The lowest BCUT2D eigenvalue weighted by atomic mass is 10.1. The van der Waals surface area contributed by atoms with Crippen LogP contribution in [-0.2, 0) is 6.54 Å². The zero-order valence-electron chi connectivity index (χ0n) is 20.7. The average Bonchev–Trinajstić information content (AvgIpc) is 3.30. The third-order valence-corrected chi connectivity index (χ3v) is 7.17. The number of nitrogens with two attached hydrogens (primary N) is 1. The summed E-state index contributed by atoms with van der Waals surface area (Å²) in [5.74, 6) is 1.15. The summed E-state index contributed by atoms with van der Waals surface area (Å²) in [6.07, 6.45) is 1.69. The van der Waals surface area contributed by atoms with E-state index in [1.165, 1.54) is 5.56 Å². The number of fused-ring (bicyclic) bond motifs is 1. The van der Waals surface area contributed by atoms with Crippen LogP contribution in [0, 0.1) is 0 Å². The van der Waals surface area contributed by atoms with Gasteiger partial charge in [0.25, 0.3) is 0 Å². The van der Waals surface area contributed by atoms with Gasteiger partial charge in [-0.3, -0.25) is 9.47 Å². The molecule has 0 spiro atoms. The summed E-state index contributed by atoms with van der Waals surface area (Å²) in [5.41, 5.74) is 12.7. The molecule has 186 valence electrons. The highest BCUT2D eigenvalue weighted by molar-refractivity contribution is 6.30. The Morgan fingerprint density at radius 3 is 2.35 bits per heavy atom. The standard InChI is InChI=1S/C29H28ClN7/c1-35-15-17-36(18-16-35)19-20-4-10-23(11-5-20)37-28(24-3-2-14-32-27(24)31)34-26-13-12-25(33-29(26)37)21-6-8-22(30)9-7-21/h2-14H,15-19H2,1H3,(H2,31,32). The molecule has 8 heteroatoms. The van der Waals surface area contributed by atoms with Crippen molar-refractivity contribution in [1.29, 1.82) is 0 Å². The van der Waals surface area contributed by atoms with Crippen LogP contribution in [0.1, 0.15) is 5.56 Å². The zero-order valence-corrected chi connectivity index (χ0v) is 21.4. The van der Waals surface area contributed by atoms with Crippen LogP contribution >= 0.6 is 11.6 Å². The lowest BCUT2D eigenvalue weighted by Gasteiger charge is -2.32. The van der Waals surface area contributed by atoms with Crippen molar-refractivity contribution >= 4 is 28.6 Å². The van der Waals surface area contributed by atoms with Crippen LogP contribution in [-0.4, -0.2) is 62.5 Å². The minimum absolute atomic E-state index is 0.434. The molecule has 2 aromatic carbocycles. The Kier molecular flexibility index (Phi) is 6.34. The smallest absolute Gasteiger partial charge is 0.165 e. The van der Waals surface area contributed by atoms with Crippen LogP contribution in [0.5, 0.6) is 0 Å². The molecule has 1 fully saturated rings. The van der Waals surface area contributed by atoms with Crippen molar-refractivity contribution in [2.75, 3.05) is 39.0 Å². The van der Waals surface area contributed by atoms with Crippen LogP contribution in [0.2, 0.25) is 5.02 Å². The van der Waals surface area contributed by atoms with Gasteiger partial charge in [-0.05, 0) is 61.1 Å². The molecule has 6 rings (SSSR count). The number of hydrogen-bond acceptors (Lipinski definition) is 6. The Morgan fingerprint density at radius 1 is 0.865 bits per heavy atom. The zero-order chi connectivity index (χ0) is 25.4. The maximum Gasteiger partial charge on any atom is 0.165 e. The van der Waals surface area contributed by atoms with Crippen LogP contribution in [0.25, 0.3) is 39.5 Å². The Morgan fingerprint density at radius 2 is 1.62 bits per heavy atom. The molecular formula is C29H28ClN7. The molecule has 0 atom stereocenters. The molecule has 7 nitrogen and oxygen atoms in total. The molecule has 0 aliphatic carbocycles. The molecule has 1 saturated heterocycles. The number of anilines is 1. The van der Waals surface area contributed by atoms with Gasteiger partial charge in [0, 0.05) is 55.2 Å². The van der Waals surface area contributed by atoms with Gasteiger partial charge < -0.3 is 10.6 Å². The predicted octanol–water partition coefficient (Wildman–Crippen LogP) is 5.13. The molecule has 5 aromatic rings. The van der Waals surface area contributed by atoms with E-state index in [1.54, 1.807) is 6.20 Å². The van der Waals surface area contributed by atoms with E-state index in [9.17, 15) is 0 Å². The van der Waals surface area contributed by atoms with Gasteiger partial charge in [0.2, 0.25) is 0 Å². The number of piperazine rings is 1. The van der Waals surface area contributed by atoms with Crippen molar-refractivity contribution in [3.05, 3.63) is 89.6 Å². The first kappa shape index (κ1) is 23.6. The molecule has 1 aliphatic heterocycles. The largest absolute Gasteiger partial charge is 0.383 e. The Hall–Kier alpha value is -3.78. The van der Waals surface area contributed by atoms with E-state index in [-0.39, 0.29) is 0 Å². The molecule has 0 amide bonds. The molecule has 0 saturated carbocycles. The number of pyridine rings is 2. The second-order valence-corrected chi connectivity index (χ2v) is 9.94.